The van der Waals surface area contributed by atoms with E-state index in [9.17, 15) is 0 Å². The van der Waals surface area contributed by atoms with E-state index in [1.807, 2.05) is 24.3 Å². The Hall–Kier alpha value is -1.22. The van der Waals surface area contributed by atoms with E-state index < -0.39 is 0 Å². The van der Waals surface area contributed by atoms with Crippen LogP contribution in [0.2, 0.25) is 0 Å². The second kappa shape index (κ2) is 4.33. The highest BCUT2D eigenvalue weighted by Gasteiger charge is 2.16. The lowest BCUT2D eigenvalue weighted by Gasteiger charge is -2.12. The van der Waals surface area contributed by atoms with E-state index in [-0.39, 0.29) is 6.29 Å². The molecule has 0 bridgehead atoms. The summed E-state index contributed by atoms with van der Waals surface area (Å²) in [6, 6.07) is 7.54. The molecule has 3 heteroatoms. The second-order valence-corrected chi connectivity index (χ2v) is 3.24. The average Bonchev–Trinajstić information content (AvgIpc) is 2.72. The van der Waals surface area contributed by atoms with E-state index in [4.69, 9.17) is 14.2 Å². The zero-order valence-electron chi connectivity index (χ0n) is 8.23. The van der Waals surface area contributed by atoms with Crippen LogP contribution >= 0.6 is 0 Å². The van der Waals surface area contributed by atoms with Gasteiger partial charge >= 0.3 is 0 Å². The fraction of sp³-hybridized carbons (Fsp3) is 0.455. The molecule has 1 aromatic rings. The second-order valence-electron chi connectivity index (χ2n) is 3.24. The Morgan fingerprint density at radius 2 is 1.93 bits per heavy atom. The first-order valence-corrected chi connectivity index (χ1v) is 4.81. The zero-order valence-corrected chi connectivity index (χ0v) is 8.23. The number of methoxy groups -OCH3 is 1. The van der Waals surface area contributed by atoms with Crippen molar-refractivity contribution in [2.45, 2.75) is 19.1 Å². The lowest BCUT2D eigenvalue weighted by Crippen LogP contribution is -2.13. The normalized spacial score (nSPS) is 20.8. The fourth-order valence-corrected chi connectivity index (χ4v) is 1.45. The number of ether oxygens (including phenoxy) is 3. The summed E-state index contributed by atoms with van der Waals surface area (Å²) in [5.74, 6) is 1.67. The molecule has 1 saturated heterocycles. The van der Waals surface area contributed by atoms with Crippen molar-refractivity contribution in [1.29, 1.82) is 0 Å². The maximum Gasteiger partial charge on any atom is 0.199 e. The molecule has 76 valence electrons. The molecule has 1 aliphatic rings. The van der Waals surface area contributed by atoms with Crippen molar-refractivity contribution in [2.75, 3.05) is 13.7 Å². The van der Waals surface area contributed by atoms with Crippen molar-refractivity contribution >= 4 is 0 Å². The van der Waals surface area contributed by atoms with Crippen LogP contribution in [0, 0.1) is 0 Å². The van der Waals surface area contributed by atoms with Crippen LogP contribution in [-0.2, 0) is 4.74 Å². The van der Waals surface area contributed by atoms with Gasteiger partial charge in [0.2, 0.25) is 0 Å². The van der Waals surface area contributed by atoms with Crippen LogP contribution in [0.25, 0.3) is 0 Å². The zero-order chi connectivity index (χ0) is 9.80. The molecule has 0 aliphatic carbocycles. The van der Waals surface area contributed by atoms with Crippen LogP contribution in [-0.4, -0.2) is 20.0 Å². The number of hydrogen-bond acceptors (Lipinski definition) is 3. The quantitative estimate of drug-likeness (QED) is 0.738. The van der Waals surface area contributed by atoms with E-state index in [0.29, 0.717) is 0 Å². The Kier molecular flexibility index (Phi) is 2.89. The first-order valence-electron chi connectivity index (χ1n) is 4.81. The van der Waals surface area contributed by atoms with Gasteiger partial charge in [-0.3, -0.25) is 0 Å². The smallest absolute Gasteiger partial charge is 0.199 e. The molecule has 0 amide bonds. The third-order valence-electron chi connectivity index (χ3n) is 2.21. The summed E-state index contributed by atoms with van der Waals surface area (Å²) in [7, 11) is 1.65. The molecule has 14 heavy (non-hydrogen) atoms. The Labute approximate surface area is 83.6 Å². The topological polar surface area (TPSA) is 27.7 Å². The van der Waals surface area contributed by atoms with Gasteiger partial charge in [-0.2, -0.15) is 0 Å². The van der Waals surface area contributed by atoms with Gasteiger partial charge in [-0.25, -0.2) is 0 Å². The maximum absolute atomic E-state index is 5.60. The first kappa shape index (κ1) is 9.34. The van der Waals surface area contributed by atoms with E-state index in [1.165, 1.54) is 0 Å². The van der Waals surface area contributed by atoms with Crippen molar-refractivity contribution in [1.82, 2.24) is 0 Å². The standard InChI is InChI=1S/C11H14O3/c1-12-9-4-6-10(7-5-9)14-11-3-2-8-13-11/h4-7,11H,2-3,8H2,1H3. The molecule has 0 aromatic heterocycles. The van der Waals surface area contributed by atoms with Gasteiger partial charge in [0.15, 0.2) is 6.29 Å². The molecule has 2 rings (SSSR count). The SMILES string of the molecule is COc1ccc(OC2CCCO2)cc1. The van der Waals surface area contributed by atoms with Crippen molar-refractivity contribution in [3.8, 4) is 11.5 Å². The lowest BCUT2D eigenvalue weighted by atomic mass is 10.3. The van der Waals surface area contributed by atoms with Crippen molar-refractivity contribution < 1.29 is 14.2 Å². The van der Waals surface area contributed by atoms with Crippen LogP contribution < -0.4 is 9.47 Å². The van der Waals surface area contributed by atoms with Crippen molar-refractivity contribution in [3.63, 3.8) is 0 Å². The van der Waals surface area contributed by atoms with E-state index in [1.54, 1.807) is 7.11 Å². The molecule has 3 nitrogen and oxygen atoms in total. The van der Waals surface area contributed by atoms with Crippen LogP contribution in [0.5, 0.6) is 11.5 Å². The Balaban J connectivity index is 1.95. The van der Waals surface area contributed by atoms with Gasteiger partial charge < -0.3 is 14.2 Å². The van der Waals surface area contributed by atoms with Gasteiger partial charge in [-0.15, -0.1) is 0 Å². The molecule has 1 fully saturated rings. The van der Waals surface area contributed by atoms with Gasteiger partial charge in [0.05, 0.1) is 13.7 Å². The highest BCUT2D eigenvalue weighted by molar-refractivity contribution is 5.31. The summed E-state index contributed by atoms with van der Waals surface area (Å²) < 4.78 is 16.0. The van der Waals surface area contributed by atoms with Crippen molar-refractivity contribution in [2.24, 2.45) is 0 Å². The number of benzene rings is 1. The summed E-state index contributed by atoms with van der Waals surface area (Å²) >= 11 is 0. The summed E-state index contributed by atoms with van der Waals surface area (Å²) in [5, 5.41) is 0. The Morgan fingerprint density at radius 1 is 1.21 bits per heavy atom. The molecule has 0 radical (unpaired) electrons. The van der Waals surface area contributed by atoms with Crippen LogP contribution in [0.1, 0.15) is 12.8 Å². The molecular formula is C11H14O3. The molecule has 0 N–H and O–H groups in total. The summed E-state index contributed by atoms with van der Waals surface area (Å²) in [6.45, 7) is 0.806. The molecule has 0 spiro atoms. The summed E-state index contributed by atoms with van der Waals surface area (Å²) in [6.07, 6.45) is 2.00. The minimum absolute atomic E-state index is 0.0663. The largest absolute Gasteiger partial charge is 0.497 e. The molecular weight excluding hydrogens is 180 g/mol. The highest BCUT2D eigenvalue weighted by Crippen LogP contribution is 2.21. The minimum Gasteiger partial charge on any atom is -0.497 e. The van der Waals surface area contributed by atoms with Gasteiger partial charge in [0.1, 0.15) is 11.5 Å². The fourth-order valence-electron chi connectivity index (χ4n) is 1.45. The predicted molar refractivity (Wildman–Crippen MR) is 52.6 cm³/mol. The van der Waals surface area contributed by atoms with E-state index in [2.05, 4.69) is 0 Å². The average molecular weight is 194 g/mol. The van der Waals surface area contributed by atoms with Gasteiger partial charge in [-0.1, -0.05) is 0 Å². The number of hydrogen-bond donors (Lipinski definition) is 0. The predicted octanol–water partition coefficient (Wildman–Crippen LogP) is 2.21. The van der Waals surface area contributed by atoms with Crippen LogP contribution in [0.15, 0.2) is 24.3 Å². The lowest BCUT2D eigenvalue weighted by molar-refractivity contribution is -0.0390. The summed E-state index contributed by atoms with van der Waals surface area (Å²) in [4.78, 5) is 0. The summed E-state index contributed by atoms with van der Waals surface area (Å²) in [5.41, 5.74) is 0. The Morgan fingerprint density at radius 3 is 2.50 bits per heavy atom. The van der Waals surface area contributed by atoms with Gasteiger partial charge in [-0.05, 0) is 30.7 Å². The molecule has 1 aromatic carbocycles. The van der Waals surface area contributed by atoms with Gasteiger partial charge in [0.25, 0.3) is 0 Å². The van der Waals surface area contributed by atoms with Crippen LogP contribution in [0.3, 0.4) is 0 Å². The van der Waals surface area contributed by atoms with E-state index in [0.717, 1.165) is 30.9 Å². The van der Waals surface area contributed by atoms with E-state index >= 15 is 0 Å². The third-order valence-corrected chi connectivity index (χ3v) is 2.21. The first-order chi connectivity index (χ1) is 6.88. The minimum atomic E-state index is -0.0663. The molecule has 1 atom stereocenters. The third kappa shape index (κ3) is 2.17. The van der Waals surface area contributed by atoms with Gasteiger partial charge in [0, 0.05) is 6.42 Å². The number of rotatable bonds is 3. The maximum atomic E-state index is 5.60. The van der Waals surface area contributed by atoms with Crippen LogP contribution in [0.4, 0.5) is 0 Å². The monoisotopic (exact) mass is 194 g/mol. The molecule has 1 heterocycles. The van der Waals surface area contributed by atoms with Crippen molar-refractivity contribution in [3.05, 3.63) is 24.3 Å². The molecule has 1 aliphatic heterocycles. The molecule has 0 saturated carbocycles. The Bertz CT molecular complexity index is 275. The molecule has 1 unspecified atom stereocenters. The highest BCUT2D eigenvalue weighted by atomic mass is 16.7.